The molecule has 40 valence electrons. The maximum absolute atomic E-state index is 2.36. The number of hydrogen-bond donors (Lipinski definition) is 0. The van der Waals surface area contributed by atoms with Crippen molar-refractivity contribution in [3.05, 3.63) is 0 Å². The predicted molar refractivity (Wildman–Crippen MR) is 35.1 cm³/mol. The van der Waals surface area contributed by atoms with Gasteiger partial charge in [-0.05, 0) is 0 Å². The Hall–Kier alpha value is 0.0649. The summed E-state index contributed by atoms with van der Waals surface area (Å²) in [4.78, 5) is 0. The first-order chi connectivity index (χ1) is 3.39. The van der Waals surface area contributed by atoms with E-state index in [2.05, 4.69) is 6.82 Å². The van der Waals surface area contributed by atoms with Gasteiger partial charge in [-0.25, -0.2) is 0 Å². The fraction of sp³-hybridized carbons (Fsp3) is 1.00. The topological polar surface area (TPSA) is 0 Å². The molecule has 1 aliphatic rings. The van der Waals surface area contributed by atoms with Crippen LogP contribution in [0.4, 0.5) is 0 Å². The van der Waals surface area contributed by atoms with Gasteiger partial charge in [0.15, 0.2) is 0 Å². The molecule has 1 saturated heterocycles. The Kier molecular flexibility index (Phi) is 1.78. The van der Waals surface area contributed by atoms with E-state index < -0.39 is 0 Å². The minimum atomic E-state index is 1.04. The summed E-state index contributed by atoms with van der Waals surface area (Å²) >= 11 is 0. The lowest BCUT2D eigenvalue weighted by Crippen LogP contribution is -2.09. The summed E-state index contributed by atoms with van der Waals surface area (Å²) < 4.78 is 0. The first-order valence-corrected chi connectivity index (χ1v) is 3.39. The van der Waals surface area contributed by atoms with Crippen LogP contribution in [-0.2, 0) is 0 Å². The summed E-state index contributed by atoms with van der Waals surface area (Å²) in [5.41, 5.74) is 0. The third-order valence-electron chi connectivity index (χ3n) is 1.89. The molecule has 1 aliphatic heterocycles. The van der Waals surface area contributed by atoms with Crippen molar-refractivity contribution in [2.24, 2.45) is 0 Å². The molecule has 0 atom stereocenters. The Balaban J connectivity index is 2.12. The molecular weight excluding hydrogens is 82.9 g/mol. The van der Waals surface area contributed by atoms with E-state index in [9.17, 15) is 0 Å². The highest BCUT2D eigenvalue weighted by atomic mass is 13.9. The van der Waals surface area contributed by atoms with Crippen molar-refractivity contribution >= 4 is 6.71 Å². The van der Waals surface area contributed by atoms with Crippen LogP contribution in [0.1, 0.15) is 19.3 Å². The lowest BCUT2D eigenvalue weighted by molar-refractivity contribution is 0.725. The molecule has 0 aromatic carbocycles. The van der Waals surface area contributed by atoms with Crippen molar-refractivity contribution in [1.29, 1.82) is 0 Å². The minimum Gasteiger partial charge on any atom is -0.0861 e. The summed E-state index contributed by atoms with van der Waals surface area (Å²) in [5, 5.41) is 0. The zero-order chi connectivity index (χ0) is 5.11. The van der Waals surface area contributed by atoms with E-state index in [0.717, 1.165) is 6.71 Å². The fourth-order valence-electron chi connectivity index (χ4n) is 1.31. The summed E-state index contributed by atoms with van der Waals surface area (Å²) in [7, 11) is 0. The average molecular weight is 96.0 g/mol. The maximum atomic E-state index is 2.36. The highest BCUT2D eigenvalue weighted by Crippen LogP contribution is 2.17. The van der Waals surface area contributed by atoms with E-state index >= 15 is 0 Å². The molecule has 0 unspecified atom stereocenters. The van der Waals surface area contributed by atoms with E-state index in [-0.39, 0.29) is 0 Å². The van der Waals surface area contributed by atoms with Gasteiger partial charge in [-0.15, -0.1) is 0 Å². The van der Waals surface area contributed by atoms with Gasteiger partial charge >= 0.3 is 0 Å². The molecule has 1 fully saturated rings. The van der Waals surface area contributed by atoms with Gasteiger partial charge in [0, 0.05) is 0 Å². The molecule has 1 heteroatoms. The van der Waals surface area contributed by atoms with Crippen LogP contribution < -0.4 is 0 Å². The number of hydrogen-bond acceptors (Lipinski definition) is 0. The summed E-state index contributed by atoms with van der Waals surface area (Å²) in [6.45, 7) is 3.40. The van der Waals surface area contributed by atoms with Gasteiger partial charge in [-0.2, -0.15) is 0 Å². The molecule has 0 amide bonds. The Morgan fingerprint density at radius 1 is 1.00 bits per heavy atom. The second kappa shape index (κ2) is 2.39. The van der Waals surface area contributed by atoms with Crippen LogP contribution in [0.3, 0.4) is 0 Å². The fourth-order valence-corrected chi connectivity index (χ4v) is 1.31. The van der Waals surface area contributed by atoms with E-state index in [1.165, 1.54) is 31.9 Å². The Bertz CT molecular complexity index is 46.1. The van der Waals surface area contributed by atoms with Crippen LogP contribution in [0.2, 0.25) is 19.5 Å². The Labute approximate surface area is 46.4 Å². The van der Waals surface area contributed by atoms with E-state index in [1.54, 1.807) is 0 Å². The van der Waals surface area contributed by atoms with Gasteiger partial charge < -0.3 is 0 Å². The number of rotatable bonds is 0. The van der Waals surface area contributed by atoms with E-state index in [0.29, 0.717) is 0 Å². The van der Waals surface area contributed by atoms with Gasteiger partial charge in [0.1, 0.15) is 6.71 Å². The van der Waals surface area contributed by atoms with Crippen LogP contribution in [0.15, 0.2) is 0 Å². The van der Waals surface area contributed by atoms with E-state index in [4.69, 9.17) is 0 Å². The Morgan fingerprint density at radius 2 is 1.57 bits per heavy atom. The second-order valence-electron chi connectivity index (χ2n) is 2.74. The second-order valence-corrected chi connectivity index (χ2v) is 2.74. The first kappa shape index (κ1) is 5.21. The van der Waals surface area contributed by atoms with Crippen LogP contribution in [-0.4, -0.2) is 6.71 Å². The standard InChI is InChI=1S/C6H13B/c1-7-5-3-2-4-6-7/h2-6H2,1H3. The molecular formula is C6H13B. The highest BCUT2D eigenvalue weighted by Gasteiger charge is 2.09. The van der Waals surface area contributed by atoms with Crippen molar-refractivity contribution in [3.63, 3.8) is 0 Å². The molecule has 0 aliphatic carbocycles. The molecule has 0 saturated carbocycles. The SMILES string of the molecule is CB1CCCCC1. The van der Waals surface area contributed by atoms with Gasteiger partial charge in [0.25, 0.3) is 0 Å². The smallest absolute Gasteiger partial charge is 0.0861 e. The third kappa shape index (κ3) is 1.54. The summed E-state index contributed by atoms with van der Waals surface area (Å²) in [6, 6.07) is 0. The van der Waals surface area contributed by atoms with Crippen molar-refractivity contribution in [1.82, 2.24) is 0 Å². The summed E-state index contributed by atoms with van der Waals surface area (Å²) in [5.74, 6) is 0. The molecule has 7 heavy (non-hydrogen) atoms. The molecule has 0 aromatic heterocycles. The van der Waals surface area contributed by atoms with Crippen molar-refractivity contribution in [2.45, 2.75) is 38.7 Å². The lowest BCUT2D eigenvalue weighted by Gasteiger charge is -2.12. The molecule has 0 radical (unpaired) electrons. The van der Waals surface area contributed by atoms with Crippen molar-refractivity contribution in [2.75, 3.05) is 0 Å². The molecule has 1 rings (SSSR count). The zero-order valence-electron chi connectivity index (χ0n) is 5.11. The molecule has 0 nitrogen and oxygen atoms in total. The van der Waals surface area contributed by atoms with Crippen LogP contribution in [0.5, 0.6) is 0 Å². The highest BCUT2D eigenvalue weighted by molar-refractivity contribution is 6.57. The molecule has 0 N–H and O–H groups in total. The average Bonchev–Trinajstić information content (AvgIpc) is 1.69. The minimum absolute atomic E-state index is 1.04. The van der Waals surface area contributed by atoms with Gasteiger partial charge in [0.2, 0.25) is 0 Å². The molecule has 0 aromatic rings. The summed E-state index contributed by atoms with van der Waals surface area (Å²) in [6.07, 6.45) is 7.44. The third-order valence-corrected chi connectivity index (χ3v) is 1.89. The van der Waals surface area contributed by atoms with E-state index in [1.807, 2.05) is 0 Å². The van der Waals surface area contributed by atoms with Crippen LogP contribution >= 0.6 is 0 Å². The Morgan fingerprint density at radius 3 is 1.86 bits per heavy atom. The van der Waals surface area contributed by atoms with Gasteiger partial charge in [-0.1, -0.05) is 38.7 Å². The molecule has 0 spiro atoms. The monoisotopic (exact) mass is 96.1 g/mol. The van der Waals surface area contributed by atoms with Gasteiger partial charge in [0.05, 0.1) is 0 Å². The normalized spacial score (nSPS) is 22.7. The van der Waals surface area contributed by atoms with Crippen LogP contribution in [0, 0.1) is 0 Å². The first-order valence-electron chi connectivity index (χ1n) is 3.39. The lowest BCUT2D eigenvalue weighted by atomic mass is 9.44. The molecule has 0 bridgehead atoms. The zero-order valence-corrected chi connectivity index (χ0v) is 5.11. The maximum Gasteiger partial charge on any atom is 0.136 e. The predicted octanol–water partition coefficient (Wildman–Crippen LogP) is 2.29. The van der Waals surface area contributed by atoms with Crippen LogP contribution in [0.25, 0.3) is 0 Å². The van der Waals surface area contributed by atoms with Gasteiger partial charge in [-0.3, -0.25) is 0 Å². The van der Waals surface area contributed by atoms with Crippen molar-refractivity contribution in [3.8, 4) is 0 Å². The largest absolute Gasteiger partial charge is 0.136 e. The van der Waals surface area contributed by atoms with Crippen molar-refractivity contribution < 1.29 is 0 Å². The quantitative estimate of drug-likeness (QED) is 0.406. The molecule has 1 heterocycles.